The number of carboxylic acids is 1. The second kappa shape index (κ2) is 6.57. The molecule has 0 aliphatic heterocycles. The van der Waals surface area contributed by atoms with Gasteiger partial charge in [0.05, 0.1) is 5.52 Å². The third-order valence-electron chi connectivity index (χ3n) is 3.81. The maximum Gasteiger partial charge on any atom is 0.352 e. The first-order chi connectivity index (χ1) is 11.2. The van der Waals surface area contributed by atoms with Crippen molar-refractivity contribution in [2.45, 2.75) is 26.5 Å². The number of benzene rings is 2. The first-order valence-electron chi connectivity index (χ1n) is 7.73. The van der Waals surface area contributed by atoms with Gasteiger partial charge in [0.2, 0.25) is 0 Å². The zero-order valence-corrected chi connectivity index (χ0v) is 13.0. The van der Waals surface area contributed by atoms with Crippen LogP contribution in [-0.4, -0.2) is 15.6 Å². The van der Waals surface area contributed by atoms with Gasteiger partial charge in [-0.3, -0.25) is 0 Å². The van der Waals surface area contributed by atoms with E-state index in [1.807, 2.05) is 60.0 Å². The van der Waals surface area contributed by atoms with E-state index in [9.17, 15) is 9.90 Å². The lowest BCUT2D eigenvalue weighted by Gasteiger charge is -2.09. The number of nitrogens with zero attached hydrogens (tertiary/aromatic N) is 1. The lowest BCUT2D eigenvalue weighted by molar-refractivity contribution is 0.0685. The van der Waals surface area contributed by atoms with Crippen LogP contribution in [0.2, 0.25) is 0 Å². The summed E-state index contributed by atoms with van der Waals surface area (Å²) >= 11 is 0. The van der Waals surface area contributed by atoms with Gasteiger partial charge in [0.1, 0.15) is 18.1 Å². The molecule has 4 heteroatoms. The summed E-state index contributed by atoms with van der Waals surface area (Å²) in [7, 11) is 0. The predicted octanol–water partition coefficient (Wildman–Crippen LogP) is 4.33. The van der Waals surface area contributed by atoms with Crippen molar-refractivity contribution in [1.29, 1.82) is 0 Å². The minimum Gasteiger partial charge on any atom is -0.488 e. The first kappa shape index (κ1) is 15.2. The summed E-state index contributed by atoms with van der Waals surface area (Å²) in [6.07, 6.45) is 0.874. The van der Waals surface area contributed by atoms with Crippen LogP contribution in [0.1, 0.15) is 29.4 Å². The third-order valence-corrected chi connectivity index (χ3v) is 3.81. The molecular weight excluding hydrogens is 290 g/mol. The number of carboxylic acid groups (broad SMARTS) is 1. The molecule has 4 nitrogen and oxygen atoms in total. The van der Waals surface area contributed by atoms with Crippen molar-refractivity contribution in [3.05, 3.63) is 65.9 Å². The summed E-state index contributed by atoms with van der Waals surface area (Å²) in [5, 5.41) is 10.3. The first-order valence-corrected chi connectivity index (χ1v) is 7.73. The molecule has 0 saturated carbocycles. The number of aryl methyl sites for hydroxylation is 1. The SMILES string of the molecule is CCCn1c(C(=O)O)cc2c(OCc3ccccc3)cccc21. The smallest absolute Gasteiger partial charge is 0.352 e. The maximum atomic E-state index is 11.5. The Kier molecular flexibility index (Phi) is 4.33. The topological polar surface area (TPSA) is 51.5 Å². The second-order valence-corrected chi connectivity index (χ2v) is 5.45. The van der Waals surface area contributed by atoms with E-state index in [0.29, 0.717) is 24.6 Å². The summed E-state index contributed by atoms with van der Waals surface area (Å²) in [6, 6.07) is 17.3. The molecule has 0 fully saturated rings. The molecule has 0 aliphatic carbocycles. The highest BCUT2D eigenvalue weighted by Crippen LogP contribution is 2.30. The molecule has 118 valence electrons. The number of carbonyl (C=O) groups is 1. The molecule has 0 aliphatic rings. The number of aromatic nitrogens is 1. The average molecular weight is 309 g/mol. The highest BCUT2D eigenvalue weighted by molar-refractivity contribution is 5.97. The van der Waals surface area contributed by atoms with Crippen molar-refractivity contribution in [3.8, 4) is 5.75 Å². The van der Waals surface area contributed by atoms with Crippen LogP contribution in [0, 0.1) is 0 Å². The Labute approximate surface area is 134 Å². The van der Waals surface area contributed by atoms with Gasteiger partial charge < -0.3 is 14.4 Å². The van der Waals surface area contributed by atoms with E-state index in [4.69, 9.17) is 4.74 Å². The average Bonchev–Trinajstić information content (AvgIpc) is 2.94. The monoisotopic (exact) mass is 309 g/mol. The Balaban J connectivity index is 1.98. The van der Waals surface area contributed by atoms with E-state index in [-0.39, 0.29) is 0 Å². The van der Waals surface area contributed by atoms with Crippen LogP contribution >= 0.6 is 0 Å². The summed E-state index contributed by atoms with van der Waals surface area (Å²) in [4.78, 5) is 11.5. The van der Waals surface area contributed by atoms with Crippen molar-refractivity contribution in [2.75, 3.05) is 0 Å². The molecule has 0 saturated heterocycles. The van der Waals surface area contributed by atoms with Crippen LogP contribution in [0.3, 0.4) is 0 Å². The minimum atomic E-state index is -0.913. The number of rotatable bonds is 6. The molecule has 1 N–H and O–H groups in total. The Bertz CT molecular complexity index is 821. The molecule has 0 bridgehead atoms. The maximum absolute atomic E-state index is 11.5. The zero-order valence-electron chi connectivity index (χ0n) is 13.0. The number of fused-ring (bicyclic) bond motifs is 1. The summed E-state index contributed by atoms with van der Waals surface area (Å²) < 4.78 is 7.77. The van der Waals surface area contributed by atoms with Gasteiger partial charge in [0.25, 0.3) is 0 Å². The molecule has 1 heterocycles. The van der Waals surface area contributed by atoms with Gasteiger partial charge in [-0.2, -0.15) is 0 Å². The van der Waals surface area contributed by atoms with E-state index in [1.165, 1.54) is 0 Å². The normalized spacial score (nSPS) is 10.8. The minimum absolute atomic E-state index is 0.303. The summed E-state index contributed by atoms with van der Waals surface area (Å²) in [5.41, 5.74) is 2.28. The van der Waals surface area contributed by atoms with Gasteiger partial charge in [0.15, 0.2) is 0 Å². The van der Waals surface area contributed by atoms with E-state index < -0.39 is 5.97 Å². The Morgan fingerprint density at radius 1 is 1.13 bits per heavy atom. The molecule has 23 heavy (non-hydrogen) atoms. The van der Waals surface area contributed by atoms with Crippen LogP contribution in [0.15, 0.2) is 54.6 Å². The van der Waals surface area contributed by atoms with Crippen molar-refractivity contribution < 1.29 is 14.6 Å². The highest BCUT2D eigenvalue weighted by atomic mass is 16.5. The van der Waals surface area contributed by atoms with E-state index in [0.717, 1.165) is 22.9 Å². The van der Waals surface area contributed by atoms with Crippen molar-refractivity contribution in [2.24, 2.45) is 0 Å². The Morgan fingerprint density at radius 2 is 1.91 bits per heavy atom. The van der Waals surface area contributed by atoms with Gasteiger partial charge >= 0.3 is 5.97 Å². The summed E-state index contributed by atoms with van der Waals surface area (Å²) in [6.45, 7) is 3.17. The van der Waals surface area contributed by atoms with Gasteiger partial charge in [-0.1, -0.05) is 43.3 Å². The Morgan fingerprint density at radius 3 is 2.61 bits per heavy atom. The summed E-state index contributed by atoms with van der Waals surface area (Å²) in [5.74, 6) is -0.202. The molecule has 3 rings (SSSR count). The number of ether oxygens (including phenoxy) is 1. The van der Waals surface area contributed by atoms with Crippen LogP contribution in [0.4, 0.5) is 0 Å². The molecule has 1 aromatic heterocycles. The third kappa shape index (κ3) is 3.06. The molecule has 0 spiro atoms. The quantitative estimate of drug-likeness (QED) is 0.737. The number of hydrogen-bond donors (Lipinski definition) is 1. The van der Waals surface area contributed by atoms with Crippen molar-refractivity contribution in [3.63, 3.8) is 0 Å². The van der Waals surface area contributed by atoms with Crippen molar-refractivity contribution >= 4 is 16.9 Å². The molecular formula is C19H19NO3. The van der Waals surface area contributed by atoms with Gasteiger partial charge in [-0.05, 0) is 30.2 Å². The van der Waals surface area contributed by atoms with Crippen molar-refractivity contribution in [1.82, 2.24) is 4.57 Å². The fraction of sp³-hybridized carbons (Fsp3) is 0.211. The molecule has 0 radical (unpaired) electrons. The zero-order chi connectivity index (χ0) is 16.2. The fourth-order valence-corrected chi connectivity index (χ4v) is 2.76. The fourth-order valence-electron chi connectivity index (χ4n) is 2.76. The molecule has 0 amide bonds. The molecule has 0 unspecified atom stereocenters. The number of hydrogen-bond acceptors (Lipinski definition) is 2. The van der Waals surface area contributed by atoms with Crippen LogP contribution < -0.4 is 4.74 Å². The standard InChI is InChI=1S/C19H19NO3/c1-2-11-20-16-9-6-10-18(15(16)12-17(20)19(21)22)23-13-14-7-4-3-5-8-14/h3-10,12H,2,11,13H2,1H3,(H,21,22). The molecule has 0 atom stereocenters. The largest absolute Gasteiger partial charge is 0.488 e. The van der Waals surface area contributed by atoms with E-state index in [1.54, 1.807) is 6.07 Å². The lowest BCUT2D eigenvalue weighted by Crippen LogP contribution is -2.07. The molecule has 2 aromatic carbocycles. The van der Waals surface area contributed by atoms with E-state index in [2.05, 4.69) is 0 Å². The van der Waals surface area contributed by atoms with Crippen LogP contribution in [0.25, 0.3) is 10.9 Å². The van der Waals surface area contributed by atoms with Gasteiger partial charge in [0, 0.05) is 11.9 Å². The second-order valence-electron chi connectivity index (χ2n) is 5.45. The predicted molar refractivity (Wildman–Crippen MR) is 90.0 cm³/mol. The lowest BCUT2D eigenvalue weighted by atomic mass is 10.2. The van der Waals surface area contributed by atoms with Crippen LogP contribution in [0.5, 0.6) is 5.75 Å². The van der Waals surface area contributed by atoms with E-state index >= 15 is 0 Å². The van der Waals surface area contributed by atoms with Gasteiger partial charge in [-0.15, -0.1) is 0 Å². The molecule has 3 aromatic rings. The Hall–Kier alpha value is -2.75. The van der Waals surface area contributed by atoms with Gasteiger partial charge in [-0.25, -0.2) is 4.79 Å². The number of aromatic carboxylic acids is 1. The highest BCUT2D eigenvalue weighted by Gasteiger charge is 2.16. The van der Waals surface area contributed by atoms with Crippen LogP contribution in [-0.2, 0) is 13.2 Å².